The van der Waals surface area contributed by atoms with Gasteiger partial charge >= 0.3 is 5.97 Å². The molecule has 1 rings (SSSR count). The number of carboxylic acids is 1. The summed E-state index contributed by atoms with van der Waals surface area (Å²) in [7, 11) is 0. The van der Waals surface area contributed by atoms with Crippen LogP contribution in [0.3, 0.4) is 0 Å². The number of benzene rings is 1. The van der Waals surface area contributed by atoms with Crippen LogP contribution in [0.25, 0.3) is 0 Å². The summed E-state index contributed by atoms with van der Waals surface area (Å²) < 4.78 is 12.9. The van der Waals surface area contributed by atoms with E-state index in [-0.39, 0.29) is 11.3 Å². The number of anilines is 1. The molecule has 86 valence electrons. The Morgan fingerprint density at radius 2 is 2.12 bits per heavy atom. The van der Waals surface area contributed by atoms with Crippen molar-refractivity contribution in [3.8, 4) is 0 Å². The lowest BCUT2D eigenvalue weighted by molar-refractivity contribution is -0.117. The highest BCUT2D eigenvalue weighted by atomic mass is 19.1. The first-order valence-electron chi connectivity index (χ1n) is 4.51. The average molecular weight is 226 g/mol. The topological polar surface area (TPSA) is 92.4 Å². The molecule has 1 atom stereocenters. The molecule has 16 heavy (non-hydrogen) atoms. The van der Waals surface area contributed by atoms with Crippen LogP contribution in [0.5, 0.6) is 0 Å². The van der Waals surface area contributed by atoms with E-state index >= 15 is 0 Å². The zero-order chi connectivity index (χ0) is 12.3. The van der Waals surface area contributed by atoms with E-state index in [2.05, 4.69) is 5.32 Å². The number of rotatable bonds is 3. The molecule has 0 radical (unpaired) electrons. The molecule has 0 aliphatic carbocycles. The van der Waals surface area contributed by atoms with Crippen LogP contribution >= 0.6 is 0 Å². The van der Waals surface area contributed by atoms with Gasteiger partial charge in [-0.15, -0.1) is 0 Å². The van der Waals surface area contributed by atoms with E-state index in [0.717, 1.165) is 18.2 Å². The Morgan fingerprint density at radius 1 is 1.50 bits per heavy atom. The molecule has 1 amide bonds. The Bertz CT molecular complexity index is 432. The number of carbonyl (C=O) groups is 2. The van der Waals surface area contributed by atoms with Gasteiger partial charge in [-0.25, -0.2) is 9.18 Å². The SMILES string of the molecule is CC(N)C(=O)Nc1cc(F)ccc1C(=O)O. The van der Waals surface area contributed by atoms with Gasteiger partial charge in [-0.05, 0) is 25.1 Å². The predicted molar refractivity (Wildman–Crippen MR) is 55.6 cm³/mol. The van der Waals surface area contributed by atoms with E-state index in [1.807, 2.05) is 0 Å². The Balaban J connectivity index is 3.06. The van der Waals surface area contributed by atoms with E-state index in [9.17, 15) is 14.0 Å². The molecule has 5 nitrogen and oxygen atoms in total. The summed E-state index contributed by atoms with van der Waals surface area (Å²) in [5.41, 5.74) is 5.01. The van der Waals surface area contributed by atoms with Crippen molar-refractivity contribution in [3.63, 3.8) is 0 Å². The summed E-state index contributed by atoms with van der Waals surface area (Å²) in [6, 6.07) is 2.22. The van der Waals surface area contributed by atoms with Crippen molar-refractivity contribution in [2.24, 2.45) is 5.73 Å². The smallest absolute Gasteiger partial charge is 0.337 e. The molecule has 0 saturated heterocycles. The molecule has 0 aromatic heterocycles. The van der Waals surface area contributed by atoms with Gasteiger partial charge in [0.2, 0.25) is 5.91 Å². The van der Waals surface area contributed by atoms with Crippen molar-refractivity contribution in [1.82, 2.24) is 0 Å². The van der Waals surface area contributed by atoms with Crippen LogP contribution in [0, 0.1) is 5.82 Å². The number of carbonyl (C=O) groups excluding carboxylic acids is 1. The third-order valence-electron chi connectivity index (χ3n) is 1.88. The second-order valence-electron chi connectivity index (χ2n) is 3.27. The molecule has 0 saturated carbocycles. The standard InChI is InChI=1S/C10H11FN2O3/c1-5(12)9(14)13-8-4-6(11)2-3-7(8)10(15)16/h2-5H,12H2,1H3,(H,13,14)(H,15,16). The number of hydrogen-bond acceptors (Lipinski definition) is 3. The molecule has 0 aliphatic heterocycles. The van der Waals surface area contributed by atoms with E-state index in [1.54, 1.807) is 0 Å². The molecule has 4 N–H and O–H groups in total. The van der Waals surface area contributed by atoms with Gasteiger partial charge in [0.15, 0.2) is 0 Å². The number of nitrogens with one attached hydrogen (secondary N) is 1. The minimum absolute atomic E-state index is 0.102. The Kier molecular flexibility index (Phi) is 3.57. The fourth-order valence-electron chi connectivity index (χ4n) is 1.05. The first-order chi connectivity index (χ1) is 7.41. The number of carboxylic acid groups (broad SMARTS) is 1. The van der Waals surface area contributed by atoms with Crippen LogP contribution in [0.15, 0.2) is 18.2 Å². The van der Waals surface area contributed by atoms with Crippen LogP contribution in [0.1, 0.15) is 17.3 Å². The Morgan fingerprint density at radius 3 is 2.62 bits per heavy atom. The van der Waals surface area contributed by atoms with E-state index in [0.29, 0.717) is 0 Å². The summed E-state index contributed by atoms with van der Waals surface area (Å²) in [5, 5.41) is 11.1. The summed E-state index contributed by atoms with van der Waals surface area (Å²) in [6.07, 6.45) is 0. The summed E-state index contributed by atoms with van der Waals surface area (Å²) >= 11 is 0. The average Bonchev–Trinajstić information content (AvgIpc) is 2.16. The minimum Gasteiger partial charge on any atom is -0.478 e. The molecular weight excluding hydrogens is 215 g/mol. The summed E-state index contributed by atoms with van der Waals surface area (Å²) in [5.74, 6) is -2.46. The Labute approximate surface area is 91.1 Å². The van der Waals surface area contributed by atoms with E-state index < -0.39 is 23.7 Å². The maximum absolute atomic E-state index is 12.9. The highest BCUT2D eigenvalue weighted by molar-refractivity contribution is 6.01. The zero-order valence-corrected chi connectivity index (χ0v) is 8.53. The van der Waals surface area contributed by atoms with Gasteiger partial charge in [0, 0.05) is 0 Å². The van der Waals surface area contributed by atoms with Gasteiger partial charge in [0.05, 0.1) is 17.3 Å². The second kappa shape index (κ2) is 4.71. The molecule has 0 aliphatic rings. The number of nitrogens with two attached hydrogens (primary N) is 1. The van der Waals surface area contributed by atoms with Crippen molar-refractivity contribution in [3.05, 3.63) is 29.6 Å². The molecule has 6 heteroatoms. The lowest BCUT2D eigenvalue weighted by Crippen LogP contribution is -2.33. The van der Waals surface area contributed by atoms with Crippen molar-refractivity contribution >= 4 is 17.6 Å². The third-order valence-corrected chi connectivity index (χ3v) is 1.88. The summed E-state index contributed by atoms with van der Waals surface area (Å²) in [4.78, 5) is 22.0. The van der Waals surface area contributed by atoms with Crippen molar-refractivity contribution in [1.29, 1.82) is 0 Å². The highest BCUT2D eigenvalue weighted by Crippen LogP contribution is 2.17. The summed E-state index contributed by atoms with van der Waals surface area (Å²) in [6.45, 7) is 1.44. The van der Waals surface area contributed by atoms with Gasteiger partial charge < -0.3 is 16.2 Å². The number of hydrogen-bond donors (Lipinski definition) is 3. The first-order valence-corrected chi connectivity index (χ1v) is 4.51. The molecule has 1 aromatic carbocycles. The van der Waals surface area contributed by atoms with Crippen molar-refractivity contribution < 1.29 is 19.1 Å². The minimum atomic E-state index is -1.25. The largest absolute Gasteiger partial charge is 0.478 e. The molecule has 0 spiro atoms. The molecule has 1 unspecified atom stereocenters. The van der Waals surface area contributed by atoms with Crippen LogP contribution in [-0.2, 0) is 4.79 Å². The second-order valence-corrected chi connectivity index (χ2v) is 3.27. The maximum atomic E-state index is 12.9. The molecule has 0 bridgehead atoms. The van der Waals surface area contributed by atoms with Crippen LogP contribution in [0.4, 0.5) is 10.1 Å². The van der Waals surface area contributed by atoms with Crippen LogP contribution in [0.2, 0.25) is 0 Å². The van der Waals surface area contributed by atoms with Crippen molar-refractivity contribution in [2.75, 3.05) is 5.32 Å². The van der Waals surface area contributed by atoms with Gasteiger partial charge in [0.25, 0.3) is 0 Å². The zero-order valence-electron chi connectivity index (χ0n) is 8.53. The quantitative estimate of drug-likeness (QED) is 0.711. The number of aromatic carboxylic acids is 1. The van der Waals surface area contributed by atoms with Gasteiger partial charge in [-0.1, -0.05) is 0 Å². The third kappa shape index (κ3) is 2.77. The lowest BCUT2D eigenvalue weighted by atomic mass is 10.1. The molecule has 0 fully saturated rings. The van der Waals surface area contributed by atoms with E-state index in [1.165, 1.54) is 6.92 Å². The fraction of sp³-hybridized carbons (Fsp3) is 0.200. The van der Waals surface area contributed by atoms with Gasteiger partial charge in [-0.2, -0.15) is 0 Å². The van der Waals surface area contributed by atoms with Crippen LogP contribution < -0.4 is 11.1 Å². The normalized spacial score (nSPS) is 11.9. The molecule has 1 aromatic rings. The van der Waals surface area contributed by atoms with Gasteiger partial charge in [0.1, 0.15) is 5.82 Å². The monoisotopic (exact) mass is 226 g/mol. The first kappa shape index (κ1) is 12.1. The van der Waals surface area contributed by atoms with Crippen molar-refractivity contribution in [2.45, 2.75) is 13.0 Å². The number of amides is 1. The molecular formula is C10H11FN2O3. The predicted octanol–water partition coefficient (Wildman–Crippen LogP) is 0.810. The highest BCUT2D eigenvalue weighted by Gasteiger charge is 2.15. The fourth-order valence-corrected chi connectivity index (χ4v) is 1.05. The number of halogens is 1. The maximum Gasteiger partial charge on any atom is 0.337 e. The van der Waals surface area contributed by atoms with E-state index in [4.69, 9.17) is 10.8 Å². The molecule has 0 heterocycles. The Hall–Kier alpha value is -1.95. The van der Waals surface area contributed by atoms with Gasteiger partial charge in [-0.3, -0.25) is 4.79 Å². The van der Waals surface area contributed by atoms with Crippen LogP contribution in [-0.4, -0.2) is 23.0 Å². The lowest BCUT2D eigenvalue weighted by Gasteiger charge is -2.10.